The zero-order valence-corrected chi connectivity index (χ0v) is 16.7. The predicted octanol–water partition coefficient (Wildman–Crippen LogP) is 3.16. The lowest BCUT2D eigenvalue weighted by molar-refractivity contribution is -0.161. The minimum Gasteiger partial charge on any atom is -0.458 e. The minimum absolute atomic E-state index is 0.0974. The van der Waals surface area contributed by atoms with Gasteiger partial charge in [-0.2, -0.15) is 0 Å². The molecule has 148 valence electrons. The summed E-state index contributed by atoms with van der Waals surface area (Å²) in [5.74, 6) is 1.92. The molecule has 0 heterocycles. The Morgan fingerprint density at radius 2 is 1.62 bits per heavy atom. The molecule has 4 rings (SSSR count). The van der Waals surface area contributed by atoms with Gasteiger partial charge >= 0.3 is 5.97 Å². The van der Waals surface area contributed by atoms with Crippen LogP contribution >= 0.6 is 0 Å². The van der Waals surface area contributed by atoms with E-state index in [0.717, 1.165) is 32.1 Å². The summed E-state index contributed by atoms with van der Waals surface area (Å²) in [6.45, 7) is 6.19. The summed E-state index contributed by atoms with van der Waals surface area (Å²) in [6.07, 6.45) is 9.21. The number of hydrogen-bond donors (Lipinski definition) is 2. The van der Waals surface area contributed by atoms with Gasteiger partial charge in [0.1, 0.15) is 11.6 Å². The monoisotopic (exact) mass is 364 g/mol. The Hall–Kier alpha value is -1.10. The van der Waals surface area contributed by atoms with E-state index < -0.39 is 11.6 Å². The summed E-state index contributed by atoms with van der Waals surface area (Å²) in [7, 11) is 0. The fourth-order valence-corrected chi connectivity index (χ4v) is 5.81. The Labute approximate surface area is 157 Å². The predicted molar refractivity (Wildman–Crippen MR) is 101 cm³/mol. The van der Waals surface area contributed by atoms with E-state index in [0.29, 0.717) is 30.7 Å². The Morgan fingerprint density at radius 3 is 2.08 bits per heavy atom. The van der Waals surface area contributed by atoms with Crippen LogP contribution in [0.4, 0.5) is 0 Å². The number of unbranched alkanes of at least 4 members (excludes halogenated alkanes) is 1. The van der Waals surface area contributed by atoms with Gasteiger partial charge in [-0.15, -0.1) is 0 Å². The molecule has 0 saturated heterocycles. The average Bonchev–Trinajstić information content (AvgIpc) is 2.51. The van der Waals surface area contributed by atoms with Crippen LogP contribution in [0, 0.1) is 23.2 Å². The molecule has 0 unspecified atom stereocenters. The number of nitrogens with one attached hydrogen (secondary N) is 1. The average molecular weight is 365 g/mol. The van der Waals surface area contributed by atoms with Gasteiger partial charge in [0, 0.05) is 5.41 Å². The first kappa shape index (κ1) is 19.7. The molecule has 1 amide bonds. The van der Waals surface area contributed by atoms with Crippen LogP contribution in [0.15, 0.2) is 0 Å². The van der Waals surface area contributed by atoms with Crippen LogP contribution in [-0.2, 0) is 14.3 Å². The van der Waals surface area contributed by atoms with Gasteiger partial charge in [-0.3, -0.25) is 4.79 Å². The van der Waals surface area contributed by atoms with Gasteiger partial charge in [0.25, 0.3) is 0 Å². The standard InChI is InChI=1S/C21H36N2O3/c1-20(2,3)26-18(24)17(6-4-5-7-22)23-19(25)21-11-14-8-15(12-21)10-16(9-14)13-21/h14-17H,4-13,22H2,1-3H3,(H,23,25)/t14?,15?,16?,17-,21?/m0/s1. The van der Waals surface area contributed by atoms with Crippen LogP contribution in [0.2, 0.25) is 0 Å². The van der Waals surface area contributed by atoms with E-state index in [1.807, 2.05) is 20.8 Å². The molecular formula is C21H36N2O3. The lowest BCUT2D eigenvalue weighted by Gasteiger charge is -2.55. The van der Waals surface area contributed by atoms with Crippen LogP contribution in [0.3, 0.4) is 0 Å². The highest BCUT2D eigenvalue weighted by atomic mass is 16.6. The van der Waals surface area contributed by atoms with Crippen molar-refractivity contribution in [3.05, 3.63) is 0 Å². The SMILES string of the molecule is CC(C)(C)OC(=O)[C@H](CCCCN)NC(=O)C12CC3CC(CC(C3)C1)C2. The lowest BCUT2D eigenvalue weighted by Crippen LogP contribution is -2.56. The fourth-order valence-electron chi connectivity index (χ4n) is 5.81. The zero-order chi connectivity index (χ0) is 18.9. The second-order valence-electron chi connectivity index (χ2n) is 10.0. The van der Waals surface area contributed by atoms with Crippen molar-refractivity contribution >= 4 is 11.9 Å². The lowest BCUT2D eigenvalue weighted by atomic mass is 9.49. The Balaban J connectivity index is 1.67. The topological polar surface area (TPSA) is 81.4 Å². The van der Waals surface area contributed by atoms with E-state index in [1.54, 1.807) is 0 Å². The molecule has 0 aliphatic heterocycles. The Kier molecular flexibility index (Phi) is 5.66. The van der Waals surface area contributed by atoms with Crippen LogP contribution in [0.25, 0.3) is 0 Å². The van der Waals surface area contributed by atoms with Gasteiger partial charge in [0.2, 0.25) is 5.91 Å². The number of amides is 1. The van der Waals surface area contributed by atoms with Crippen molar-refractivity contribution in [2.24, 2.45) is 28.9 Å². The van der Waals surface area contributed by atoms with E-state index in [1.165, 1.54) is 19.3 Å². The molecule has 0 aromatic carbocycles. The van der Waals surface area contributed by atoms with Gasteiger partial charge in [0.15, 0.2) is 0 Å². The van der Waals surface area contributed by atoms with E-state index in [4.69, 9.17) is 10.5 Å². The van der Waals surface area contributed by atoms with Crippen molar-refractivity contribution in [2.45, 2.75) is 90.2 Å². The normalized spacial score (nSPS) is 33.8. The summed E-state index contributed by atoms with van der Waals surface area (Å²) < 4.78 is 5.57. The molecule has 0 aromatic heterocycles. The minimum atomic E-state index is -0.554. The first-order chi connectivity index (χ1) is 12.2. The largest absolute Gasteiger partial charge is 0.458 e. The van der Waals surface area contributed by atoms with Crippen molar-refractivity contribution in [1.29, 1.82) is 0 Å². The zero-order valence-electron chi connectivity index (χ0n) is 16.7. The van der Waals surface area contributed by atoms with Crippen LogP contribution < -0.4 is 11.1 Å². The maximum atomic E-state index is 13.3. The Morgan fingerprint density at radius 1 is 1.08 bits per heavy atom. The smallest absolute Gasteiger partial charge is 0.329 e. The van der Waals surface area contributed by atoms with Gasteiger partial charge in [-0.25, -0.2) is 4.79 Å². The Bertz CT molecular complexity index is 503. The van der Waals surface area contributed by atoms with Crippen molar-refractivity contribution in [3.8, 4) is 0 Å². The molecule has 26 heavy (non-hydrogen) atoms. The summed E-state index contributed by atoms with van der Waals surface area (Å²) >= 11 is 0. The van der Waals surface area contributed by atoms with Crippen LogP contribution in [-0.4, -0.2) is 30.1 Å². The van der Waals surface area contributed by atoms with Gasteiger partial charge < -0.3 is 15.8 Å². The molecule has 5 heteroatoms. The number of esters is 1. The third kappa shape index (κ3) is 4.41. The van der Waals surface area contributed by atoms with E-state index >= 15 is 0 Å². The summed E-state index contributed by atoms with van der Waals surface area (Å²) in [6, 6.07) is -0.554. The van der Waals surface area contributed by atoms with Crippen molar-refractivity contribution in [1.82, 2.24) is 5.32 Å². The number of hydrogen-bond acceptors (Lipinski definition) is 4. The summed E-state index contributed by atoms with van der Waals surface area (Å²) in [4.78, 5) is 25.9. The van der Waals surface area contributed by atoms with Gasteiger partial charge in [-0.1, -0.05) is 0 Å². The quantitative estimate of drug-likeness (QED) is 0.537. The number of carbonyl (C=O) groups is 2. The molecule has 4 aliphatic carbocycles. The highest BCUT2D eigenvalue weighted by Crippen LogP contribution is 2.60. The van der Waals surface area contributed by atoms with E-state index in [9.17, 15) is 9.59 Å². The van der Waals surface area contributed by atoms with Crippen molar-refractivity contribution in [2.75, 3.05) is 6.54 Å². The molecule has 1 atom stereocenters. The third-order valence-corrected chi connectivity index (χ3v) is 6.46. The molecule has 4 aliphatic rings. The number of carbonyl (C=O) groups excluding carboxylic acids is 2. The molecule has 4 bridgehead atoms. The van der Waals surface area contributed by atoms with E-state index in [2.05, 4.69) is 5.32 Å². The highest BCUT2D eigenvalue weighted by molar-refractivity contribution is 5.88. The summed E-state index contributed by atoms with van der Waals surface area (Å²) in [5.41, 5.74) is 4.81. The van der Waals surface area contributed by atoms with Crippen LogP contribution in [0.1, 0.15) is 78.6 Å². The molecular weight excluding hydrogens is 328 g/mol. The van der Waals surface area contributed by atoms with Gasteiger partial charge in [-0.05, 0) is 103 Å². The molecule has 0 radical (unpaired) electrons. The second-order valence-corrected chi connectivity index (χ2v) is 10.0. The first-order valence-corrected chi connectivity index (χ1v) is 10.4. The third-order valence-electron chi connectivity index (χ3n) is 6.46. The molecule has 0 spiro atoms. The number of rotatable bonds is 7. The number of nitrogens with two attached hydrogens (primary N) is 1. The molecule has 3 N–H and O–H groups in total. The number of ether oxygens (including phenoxy) is 1. The molecule has 0 aromatic rings. The van der Waals surface area contributed by atoms with Crippen molar-refractivity contribution in [3.63, 3.8) is 0 Å². The van der Waals surface area contributed by atoms with E-state index in [-0.39, 0.29) is 17.3 Å². The fraction of sp³-hybridized carbons (Fsp3) is 0.905. The molecule has 4 fully saturated rings. The maximum absolute atomic E-state index is 13.3. The van der Waals surface area contributed by atoms with Crippen molar-refractivity contribution < 1.29 is 14.3 Å². The van der Waals surface area contributed by atoms with Gasteiger partial charge in [0.05, 0.1) is 0 Å². The molecule has 5 nitrogen and oxygen atoms in total. The molecule has 4 saturated carbocycles. The summed E-state index contributed by atoms with van der Waals surface area (Å²) in [5, 5.41) is 3.10. The highest BCUT2D eigenvalue weighted by Gasteiger charge is 2.55. The first-order valence-electron chi connectivity index (χ1n) is 10.4. The second kappa shape index (κ2) is 7.49. The maximum Gasteiger partial charge on any atom is 0.329 e. The van der Waals surface area contributed by atoms with Crippen LogP contribution in [0.5, 0.6) is 0 Å².